The van der Waals surface area contributed by atoms with Gasteiger partial charge >= 0.3 is 0 Å². The molecular weight excluding hydrogens is 300 g/mol. The molecule has 0 radical (unpaired) electrons. The van der Waals surface area contributed by atoms with Crippen molar-refractivity contribution in [1.29, 1.82) is 0 Å². The summed E-state index contributed by atoms with van der Waals surface area (Å²) in [7, 11) is 0. The highest BCUT2D eigenvalue weighted by Crippen LogP contribution is 2.34. The second-order valence-electron chi connectivity index (χ2n) is 5.76. The van der Waals surface area contributed by atoms with Gasteiger partial charge in [0.1, 0.15) is 5.82 Å². The van der Waals surface area contributed by atoms with Crippen molar-refractivity contribution < 1.29 is 4.74 Å². The summed E-state index contributed by atoms with van der Waals surface area (Å²) >= 11 is 0. The van der Waals surface area contributed by atoms with E-state index in [1.165, 1.54) is 0 Å². The Morgan fingerprint density at radius 2 is 1.75 bits per heavy atom. The zero-order valence-corrected chi connectivity index (χ0v) is 13.5. The van der Waals surface area contributed by atoms with Crippen molar-refractivity contribution in [3.63, 3.8) is 0 Å². The summed E-state index contributed by atoms with van der Waals surface area (Å²) in [6.07, 6.45) is 5.64. The third-order valence-corrected chi connectivity index (χ3v) is 4.26. The number of hydrogen-bond donors (Lipinski definition) is 0. The lowest BCUT2D eigenvalue weighted by Crippen LogP contribution is -2.44. The predicted octanol–water partition coefficient (Wildman–Crippen LogP) is 2.84. The highest BCUT2D eigenvalue weighted by Gasteiger charge is 2.30. The minimum atomic E-state index is -0.156. The van der Waals surface area contributed by atoms with Crippen molar-refractivity contribution >= 4 is 11.9 Å². The normalized spacial score (nSPS) is 20.8. The number of para-hydroxylation sites is 1. The van der Waals surface area contributed by atoms with Gasteiger partial charge in [-0.2, -0.15) is 0 Å². The average Bonchev–Trinajstić information content (AvgIpc) is 2.69. The van der Waals surface area contributed by atoms with Crippen LogP contribution in [0.15, 0.2) is 71.6 Å². The first-order valence-electron chi connectivity index (χ1n) is 8.25. The molecule has 1 fully saturated rings. The van der Waals surface area contributed by atoms with Crippen LogP contribution in [0.5, 0.6) is 0 Å². The zero-order chi connectivity index (χ0) is 16.2. The topological polar surface area (TPSA) is 41.0 Å². The number of anilines is 1. The highest BCUT2D eigenvalue weighted by atomic mass is 16.5. The van der Waals surface area contributed by atoms with Gasteiger partial charge in [0.05, 0.1) is 18.9 Å². The van der Waals surface area contributed by atoms with E-state index in [9.17, 15) is 0 Å². The van der Waals surface area contributed by atoms with E-state index in [1.807, 2.05) is 36.7 Å². The Kier molecular flexibility index (Phi) is 4.25. The third-order valence-electron chi connectivity index (χ3n) is 4.26. The first kappa shape index (κ1) is 14.9. The molecule has 1 unspecified atom stereocenters. The second kappa shape index (κ2) is 6.84. The Labute approximate surface area is 141 Å². The van der Waals surface area contributed by atoms with Crippen LogP contribution in [-0.2, 0) is 4.74 Å². The molecule has 2 aromatic rings. The summed E-state index contributed by atoms with van der Waals surface area (Å²) in [6.45, 7) is 3.28. The molecule has 5 nitrogen and oxygen atoms in total. The van der Waals surface area contributed by atoms with E-state index in [-0.39, 0.29) is 6.17 Å². The summed E-state index contributed by atoms with van der Waals surface area (Å²) in [5.41, 5.74) is 2.05. The molecule has 5 heteroatoms. The minimum absolute atomic E-state index is 0.156. The maximum Gasteiger partial charge on any atom is 0.169 e. The van der Waals surface area contributed by atoms with Gasteiger partial charge in [-0.25, -0.2) is 0 Å². The molecule has 0 saturated carbocycles. The number of aromatic nitrogens is 1. The van der Waals surface area contributed by atoms with Crippen molar-refractivity contribution in [3.8, 4) is 0 Å². The van der Waals surface area contributed by atoms with Gasteiger partial charge in [-0.3, -0.25) is 14.9 Å². The van der Waals surface area contributed by atoms with E-state index in [0.29, 0.717) is 0 Å². The second-order valence-corrected chi connectivity index (χ2v) is 5.76. The Balaban J connectivity index is 1.75. The first-order chi connectivity index (χ1) is 11.9. The summed E-state index contributed by atoms with van der Waals surface area (Å²) < 4.78 is 5.51. The number of ether oxygens (including phenoxy) is 1. The molecule has 0 aliphatic carbocycles. The molecule has 4 rings (SSSR count). The number of hydrogen-bond acceptors (Lipinski definition) is 5. The SMILES string of the molecule is C1=NC(c2ccccn2)N(c2ccccc2)C(N2CCOCC2)=C1. The number of aliphatic imine (C=N–C) groups is 1. The highest BCUT2D eigenvalue weighted by molar-refractivity contribution is 5.77. The van der Waals surface area contributed by atoms with Crippen LogP contribution in [0.4, 0.5) is 5.69 Å². The van der Waals surface area contributed by atoms with Gasteiger partial charge in [0.25, 0.3) is 0 Å². The fraction of sp³-hybridized carbons (Fsp3) is 0.263. The van der Waals surface area contributed by atoms with E-state index in [1.54, 1.807) is 0 Å². The smallest absolute Gasteiger partial charge is 0.169 e. The number of pyridine rings is 1. The molecular formula is C19H20N4O. The number of rotatable bonds is 3. The van der Waals surface area contributed by atoms with Crippen molar-refractivity contribution in [2.45, 2.75) is 6.17 Å². The molecule has 1 atom stereocenters. The quantitative estimate of drug-likeness (QED) is 0.872. The Bertz CT molecular complexity index is 724. The molecule has 2 aliphatic heterocycles. The van der Waals surface area contributed by atoms with Crippen LogP contribution in [0.2, 0.25) is 0 Å². The Morgan fingerprint density at radius 1 is 0.958 bits per heavy atom. The monoisotopic (exact) mass is 320 g/mol. The van der Waals surface area contributed by atoms with E-state index < -0.39 is 0 Å². The van der Waals surface area contributed by atoms with Crippen LogP contribution in [0.25, 0.3) is 0 Å². The van der Waals surface area contributed by atoms with E-state index in [0.717, 1.165) is 43.5 Å². The van der Waals surface area contributed by atoms with E-state index >= 15 is 0 Å². The molecule has 122 valence electrons. The largest absolute Gasteiger partial charge is 0.378 e. The summed E-state index contributed by atoms with van der Waals surface area (Å²) in [6, 6.07) is 16.3. The summed E-state index contributed by atoms with van der Waals surface area (Å²) in [5, 5.41) is 0. The number of morpholine rings is 1. The van der Waals surface area contributed by atoms with Crippen molar-refractivity contribution in [1.82, 2.24) is 9.88 Å². The summed E-state index contributed by atoms with van der Waals surface area (Å²) in [5.74, 6) is 1.15. The molecule has 0 bridgehead atoms. The van der Waals surface area contributed by atoms with Gasteiger partial charge in [0, 0.05) is 31.2 Å². The van der Waals surface area contributed by atoms with Crippen LogP contribution in [0, 0.1) is 0 Å². The lowest BCUT2D eigenvalue weighted by Gasteiger charge is -2.41. The molecule has 0 amide bonds. The predicted molar refractivity (Wildman–Crippen MR) is 94.9 cm³/mol. The van der Waals surface area contributed by atoms with Crippen molar-refractivity contribution in [3.05, 3.63) is 72.3 Å². The van der Waals surface area contributed by atoms with Crippen molar-refractivity contribution in [2.24, 2.45) is 4.99 Å². The minimum Gasteiger partial charge on any atom is -0.378 e. The average molecular weight is 320 g/mol. The molecule has 1 aromatic heterocycles. The van der Waals surface area contributed by atoms with Gasteiger partial charge < -0.3 is 9.64 Å². The molecule has 1 saturated heterocycles. The van der Waals surface area contributed by atoms with E-state index in [4.69, 9.17) is 9.73 Å². The van der Waals surface area contributed by atoms with Gasteiger partial charge in [-0.1, -0.05) is 24.3 Å². The molecule has 1 aromatic carbocycles. The molecule has 3 heterocycles. The molecule has 0 N–H and O–H groups in total. The fourth-order valence-corrected chi connectivity index (χ4v) is 3.11. The fourth-order valence-electron chi connectivity index (χ4n) is 3.11. The van der Waals surface area contributed by atoms with Crippen LogP contribution in [0.1, 0.15) is 11.9 Å². The number of allylic oxidation sites excluding steroid dienone is 1. The third kappa shape index (κ3) is 2.90. The zero-order valence-electron chi connectivity index (χ0n) is 13.5. The van der Waals surface area contributed by atoms with Gasteiger partial charge in [-0.15, -0.1) is 0 Å². The number of nitrogens with zero attached hydrogens (tertiary/aromatic N) is 4. The van der Waals surface area contributed by atoms with Gasteiger partial charge in [0.15, 0.2) is 6.17 Å². The summed E-state index contributed by atoms with van der Waals surface area (Å²) in [4.78, 5) is 13.9. The standard InChI is InChI=1S/C19H20N4O/c1-2-6-16(7-3-1)23-18(22-12-14-24-15-13-22)9-11-21-19(23)17-8-4-5-10-20-17/h1-11,19H,12-15H2. The van der Waals surface area contributed by atoms with Gasteiger partial charge in [0.2, 0.25) is 0 Å². The maximum atomic E-state index is 5.51. The lowest BCUT2D eigenvalue weighted by molar-refractivity contribution is 0.0517. The molecule has 24 heavy (non-hydrogen) atoms. The van der Waals surface area contributed by atoms with Crippen LogP contribution in [-0.4, -0.2) is 42.4 Å². The molecule has 0 spiro atoms. The number of benzene rings is 1. The maximum absolute atomic E-state index is 5.51. The molecule has 2 aliphatic rings. The Morgan fingerprint density at radius 3 is 2.50 bits per heavy atom. The van der Waals surface area contributed by atoms with E-state index in [2.05, 4.69) is 45.1 Å². The Hall–Kier alpha value is -2.66. The van der Waals surface area contributed by atoms with Gasteiger partial charge in [-0.05, 0) is 30.3 Å². The van der Waals surface area contributed by atoms with Crippen LogP contribution >= 0.6 is 0 Å². The lowest BCUT2D eigenvalue weighted by atomic mass is 10.2. The first-order valence-corrected chi connectivity index (χ1v) is 8.25. The van der Waals surface area contributed by atoms with Crippen molar-refractivity contribution in [2.75, 3.05) is 31.2 Å². The van der Waals surface area contributed by atoms with Crippen LogP contribution < -0.4 is 4.90 Å². The van der Waals surface area contributed by atoms with Crippen LogP contribution in [0.3, 0.4) is 0 Å².